The minimum atomic E-state index is -0.262. The Bertz CT molecular complexity index is 933. The van der Waals surface area contributed by atoms with E-state index in [-0.39, 0.29) is 5.91 Å². The molecule has 0 saturated heterocycles. The molecule has 0 bridgehead atoms. The first-order chi connectivity index (χ1) is 13.0. The Kier molecular flexibility index (Phi) is 5.81. The Labute approximate surface area is 163 Å². The van der Waals surface area contributed by atoms with Crippen molar-refractivity contribution in [2.75, 3.05) is 12.4 Å². The molecule has 140 valence electrons. The van der Waals surface area contributed by atoms with Gasteiger partial charge in [0.1, 0.15) is 11.4 Å². The van der Waals surface area contributed by atoms with E-state index in [2.05, 4.69) is 29.4 Å². The highest BCUT2D eigenvalue weighted by Gasteiger charge is 2.20. The summed E-state index contributed by atoms with van der Waals surface area (Å²) in [6.45, 7) is 4.24. The molecular formula is C21H22ClN3O2. The zero-order chi connectivity index (χ0) is 19.4. The second kappa shape index (κ2) is 8.27. The van der Waals surface area contributed by atoms with Gasteiger partial charge >= 0.3 is 0 Å². The lowest BCUT2D eigenvalue weighted by Gasteiger charge is -2.11. The molecule has 0 aliphatic rings. The first kappa shape index (κ1) is 19.0. The number of nitrogens with one attached hydrogen (secondary N) is 2. The van der Waals surface area contributed by atoms with Crippen molar-refractivity contribution in [1.82, 2.24) is 10.2 Å². The Morgan fingerprint density at radius 1 is 1.19 bits per heavy atom. The Balaban J connectivity index is 1.99. The molecule has 2 N–H and O–H groups in total. The number of H-pyrrole nitrogens is 1. The maximum Gasteiger partial charge on any atom is 0.257 e. The van der Waals surface area contributed by atoms with Gasteiger partial charge in [0.2, 0.25) is 0 Å². The number of amides is 1. The number of benzene rings is 2. The fourth-order valence-corrected chi connectivity index (χ4v) is 3.07. The summed E-state index contributed by atoms with van der Waals surface area (Å²) in [5.41, 5.74) is 3.57. The number of nitrogens with zero attached hydrogens (tertiary/aromatic N) is 1. The molecule has 0 aliphatic heterocycles. The molecule has 2 aromatic carbocycles. The highest BCUT2D eigenvalue weighted by Crippen LogP contribution is 2.32. The van der Waals surface area contributed by atoms with Crippen LogP contribution >= 0.6 is 11.6 Å². The molecule has 27 heavy (non-hydrogen) atoms. The second-order valence-corrected chi connectivity index (χ2v) is 7.09. The Hall–Kier alpha value is -2.79. The predicted molar refractivity (Wildman–Crippen MR) is 109 cm³/mol. The number of hydrogen-bond acceptors (Lipinski definition) is 3. The lowest BCUT2D eigenvalue weighted by molar-refractivity contribution is 0.102. The quantitative estimate of drug-likeness (QED) is 0.615. The number of hydrogen-bond donors (Lipinski definition) is 2. The average Bonchev–Trinajstić information content (AvgIpc) is 3.03. The van der Waals surface area contributed by atoms with Crippen LogP contribution in [0.2, 0.25) is 5.02 Å². The average molecular weight is 384 g/mol. The molecule has 0 unspecified atom stereocenters. The third-order valence-corrected chi connectivity index (χ3v) is 4.50. The van der Waals surface area contributed by atoms with Gasteiger partial charge in [0.25, 0.3) is 5.91 Å². The predicted octanol–water partition coefficient (Wildman–Crippen LogP) is 5.19. The second-order valence-electron chi connectivity index (χ2n) is 6.69. The molecule has 6 heteroatoms. The van der Waals surface area contributed by atoms with Gasteiger partial charge < -0.3 is 10.1 Å². The highest BCUT2D eigenvalue weighted by atomic mass is 35.5. The van der Waals surface area contributed by atoms with Crippen LogP contribution in [0.1, 0.15) is 29.9 Å². The maximum atomic E-state index is 12.8. The molecule has 1 heterocycles. The van der Waals surface area contributed by atoms with E-state index in [1.54, 1.807) is 31.4 Å². The summed E-state index contributed by atoms with van der Waals surface area (Å²) in [4.78, 5) is 12.8. The van der Waals surface area contributed by atoms with Crippen LogP contribution in [0.4, 0.5) is 5.69 Å². The van der Waals surface area contributed by atoms with Crippen LogP contribution in [-0.2, 0) is 6.42 Å². The molecule has 3 aromatic rings. The van der Waals surface area contributed by atoms with Crippen molar-refractivity contribution in [3.05, 3.63) is 64.8 Å². The summed E-state index contributed by atoms with van der Waals surface area (Å²) >= 11 is 6.18. The van der Waals surface area contributed by atoms with E-state index in [0.29, 0.717) is 27.9 Å². The topological polar surface area (TPSA) is 67.0 Å². The van der Waals surface area contributed by atoms with E-state index in [1.807, 2.05) is 24.3 Å². The molecule has 0 spiro atoms. The molecular weight excluding hydrogens is 362 g/mol. The van der Waals surface area contributed by atoms with Crippen LogP contribution in [0.3, 0.4) is 0 Å². The van der Waals surface area contributed by atoms with Crippen LogP contribution in [0.25, 0.3) is 11.3 Å². The molecule has 5 nitrogen and oxygen atoms in total. The summed E-state index contributed by atoms with van der Waals surface area (Å²) in [6.07, 6.45) is 0.765. The zero-order valence-corrected chi connectivity index (χ0v) is 16.3. The van der Waals surface area contributed by atoms with Crippen molar-refractivity contribution in [2.45, 2.75) is 20.3 Å². The molecule has 0 fully saturated rings. The van der Waals surface area contributed by atoms with Gasteiger partial charge in [-0.05, 0) is 48.7 Å². The number of methoxy groups -OCH3 is 1. The minimum Gasteiger partial charge on any atom is -0.497 e. The van der Waals surface area contributed by atoms with Crippen LogP contribution < -0.4 is 10.1 Å². The molecule has 0 saturated carbocycles. The number of ether oxygens (including phenoxy) is 1. The number of halogens is 1. The van der Waals surface area contributed by atoms with E-state index >= 15 is 0 Å². The summed E-state index contributed by atoms with van der Waals surface area (Å²) < 4.78 is 5.22. The van der Waals surface area contributed by atoms with Crippen LogP contribution in [0.15, 0.2) is 48.5 Å². The van der Waals surface area contributed by atoms with Crippen LogP contribution in [0, 0.1) is 5.92 Å². The fourth-order valence-electron chi connectivity index (χ4n) is 2.85. The van der Waals surface area contributed by atoms with Gasteiger partial charge in [0, 0.05) is 5.56 Å². The summed E-state index contributed by atoms with van der Waals surface area (Å²) in [5.74, 6) is 0.908. The smallest absolute Gasteiger partial charge is 0.257 e. The first-order valence-corrected chi connectivity index (χ1v) is 9.15. The van der Waals surface area contributed by atoms with Crippen molar-refractivity contribution >= 4 is 23.2 Å². The highest BCUT2D eigenvalue weighted by molar-refractivity contribution is 6.34. The van der Waals surface area contributed by atoms with E-state index in [9.17, 15) is 4.79 Å². The SMILES string of the molecule is COc1ccc(-c2n[nH]c(CC(C)C)c2NC(=O)c2ccccc2Cl)cc1. The lowest BCUT2D eigenvalue weighted by Crippen LogP contribution is -2.14. The van der Waals surface area contributed by atoms with Gasteiger partial charge in [0.15, 0.2) is 0 Å². The minimum absolute atomic E-state index is 0.262. The summed E-state index contributed by atoms with van der Waals surface area (Å²) in [7, 11) is 1.62. The lowest BCUT2D eigenvalue weighted by atomic mass is 10.0. The third kappa shape index (κ3) is 4.31. The van der Waals surface area contributed by atoms with Crippen molar-refractivity contribution in [3.63, 3.8) is 0 Å². The summed E-state index contributed by atoms with van der Waals surface area (Å²) in [5, 5.41) is 10.9. The Morgan fingerprint density at radius 3 is 2.52 bits per heavy atom. The fraction of sp³-hybridized carbons (Fsp3) is 0.238. The van der Waals surface area contributed by atoms with Crippen molar-refractivity contribution in [2.24, 2.45) is 5.92 Å². The van der Waals surface area contributed by atoms with Gasteiger partial charge in [-0.15, -0.1) is 0 Å². The zero-order valence-electron chi connectivity index (χ0n) is 15.5. The molecule has 0 atom stereocenters. The van der Waals surface area contributed by atoms with Crippen LogP contribution in [-0.4, -0.2) is 23.2 Å². The van der Waals surface area contributed by atoms with Gasteiger partial charge in [-0.2, -0.15) is 5.10 Å². The number of aromatic nitrogens is 2. The van der Waals surface area contributed by atoms with E-state index in [1.165, 1.54) is 0 Å². The molecule has 0 aliphatic carbocycles. The molecule has 3 rings (SSSR count). The maximum absolute atomic E-state index is 12.8. The van der Waals surface area contributed by atoms with Gasteiger partial charge in [-0.25, -0.2) is 0 Å². The van der Waals surface area contributed by atoms with Gasteiger partial charge in [-0.1, -0.05) is 37.6 Å². The number of anilines is 1. The Morgan fingerprint density at radius 2 is 1.89 bits per heavy atom. The van der Waals surface area contributed by atoms with Gasteiger partial charge in [-0.3, -0.25) is 9.89 Å². The number of carbonyl (C=O) groups is 1. The largest absolute Gasteiger partial charge is 0.497 e. The van der Waals surface area contributed by atoms with E-state index < -0.39 is 0 Å². The number of carbonyl (C=O) groups excluding carboxylic acids is 1. The molecule has 1 amide bonds. The van der Waals surface area contributed by atoms with Crippen molar-refractivity contribution < 1.29 is 9.53 Å². The van der Waals surface area contributed by atoms with Crippen molar-refractivity contribution in [3.8, 4) is 17.0 Å². The first-order valence-electron chi connectivity index (χ1n) is 8.77. The van der Waals surface area contributed by atoms with Crippen LogP contribution in [0.5, 0.6) is 5.75 Å². The van der Waals surface area contributed by atoms with E-state index in [4.69, 9.17) is 16.3 Å². The molecule has 0 radical (unpaired) electrons. The van der Waals surface area contributed by atoms with Gasteiger partial charge in [0.05, 0.1) is 29.1 Å². The van der Waals surface area contributed by atoms with E-state index in [0.717, 1.165) is 23.4 Å². The number of aromatic amines is 1. The third-order valence-electron chi connectivity index (χ3n) is 4.17. The van der Waals surface area contributed by atoms with Crippen molar-refractivity contribution in [1.29, 1.82) is 0 Å². The standard InChI is InChI=1S/C21H22ClN3O2/c1-13(2)12-18-20(23-21(26)16-6-4-5-7-17(16)22)19(25-24-18)14-8-10-15(27-3)11-9-14/h4-11,13H,12H2,1-3H3,(H,23,26)(H,24,25). The number of rotatable bonds is 6. The molecule has 1 aromatic heterocycles. The normalized spacial score (nSPS) is 10.9. The summed E-state index contributed by atoms with van der Waals surface area (Å²) in [6, 6.07) is 14.5. The monoisotopic (exact) mass is 383 g/mol.